The Bertz CT molecular complexity index is 341. The van der Waals surface area contributed by atoms with Gasteiger partial charge >= 0.3 is 0 Å². The van der Waals surface area contributed by atoms with Crippen LogP contribution in [0, 0.1) is 0 Å². The van der Waals surface area contributed by atoms with Gasteiger partial charge < -0.3 is 5.73 Å². The molecule has 1 aromatic heterocycles. The van der Waals surface area contributed by atoms with Gasteiger partial charge in [0.25, 0.3) is 0 Å². The molecule has 0 bridgehead atoms. The van der Waals surface area contributed by atoms with Crippen molar-refractivity contribution in [2.45, 2.75) is 10.8 Å². The average Bonchev–Trinajstić information content (AvgIpc) is 2.31. The molecule has 1 rings (SSSR count). The molecule has 0 radical (unpaired) electrons. The molecule has 4 N–H and O–H groups in total. The van der Waals surface area contributed by atoms with Crippen LogP contribution in [0.15, 0.2) is 15.7 Å². The molecule has 1 heterocycles. The van der Waals surface area contributed by atoms with Gasteiger partial charge in [0.15, 0.2) is 0 Å². The summed E-state index contributed by atoms with van der Waals surface area (Å²) in [6.07, 6.45) is 0. The highest BCUT2D eigenvalue weighted by Gasteiger charge is 2.13. The number of thiophene rings is 1. The van der Waals surface area contributed by atoms with Gasteiger partial charge in [0, 0.05) is 6.54 Å². The summed E-state index contributed by atoms with van der Waals surface area (Å²) in [5, 5.41) is 6.56. The van der Waals surface area contributed by atoms with Crippen molar-refractivity contribution >= 4 is 21.4 Å². The number of hydrogen-bond donors (Lipinski definition) is 2. The van der Waals surface area contributed by atoms with E-state index in [1.807, 2.05) is 0 Å². The molecule has 0 aliphatic carbocycles. The molecule has 0 saturated heterocycles. The molecule has 0 atom stereocenters. The van der Waals surface area contributed by atoms with Crippen LogP contribution >= 0.6 is 11.3 Å². The lowest BCUT2D eigenvalue weighted by molar-refractivity contribution is 0.599. The maximum absolute atomic E-state index is 10.8. The molecule has 4 nitrogen and oxygen atoms in total. The van der Waals surface area contributed by atoms with Crippen LogP contribution in [0.5, 0.6) is 0 Å². The van der Waals surface area contributed by atoms with Gasteiger partial charge in [-0.05, 0) is 17.0 Å². The van der Waals surface area contributed by atoms with E-state index < -0.39 is 10.0 Å². The lowest BCUT2D eigenvalue weighted by Crippen LogP contribution is -2.13. The van der Waals surface area contributed by atoms with Crippen molar-refractivity contribution in [1.82, 2.24) is 0 Å². The molecule has 0 unspecified atom stereocenters. The predicted octanol–water partition coefficient (Wildman–Crippen LogP) is -0.146. The Morgan fingerprint density at radius 3 is 2.55 bits per heavy atom. The van der Waals surface area contributed by atoms with Crippen molar-refractivity contribution < 1.29 is 8.42 Å². The first kappa shape index (κ1) is 8.66. The zero-order valence-electron chi connectivity index (χ0n) is 5.65. The van der Waals surface area contributed by atoms with E-state index in [4.69, 9.17) is 10.9 Å². The highest BCUT2D eigenvalue weighted by Crippen LogP contribution is 2.20. The summed E-state index contributed by atoms with van der Waals surface area (Å²) in [4.78, 5) is 0. The molecule has 1 aromatic rings. The van der Waals surface area contributed by atoms with Crippen LogP contribution in [0.4, 0.5) is 0 Å². The van der Waals surface area contributed by atoms with Crippen LogP contribution in [0.2, 0.25) is 0 Å². The topological polar surface area (TPSA) is 86.2 Å². The Labute approximate surface area is 68.9 Å². The zero-order valence-corrected chi connectivity index (χ0v) is 7.28. The van der Waals surface area contributed by atoms with Gasteiger partial charge in [-0.25, -0.2) is 13.6 Å². The lowest BCUT2D eigenvalue weighted by atomic mass is 10.3. The van der Waals surface area contributed by atoms with E-state index in [-0.39, 0.29) is 10.8 Å². The largest absolute Gasteiger partial charge is 0.326 e. The summed E-state index contributed by atoms with van der Waals surface area (Å²) in [7, 11) is -3.56. The first-order valence-corrected chi connectivity index (χ1v) is 5.27. The number of hydrogen-bond acceptors (Lipinski definition) is 4. The molecule has 0 saturated carbocycles. The summed E-state index contributed by atoms with van der Waals surface area (Å²) in [6, 6.07) is 1.66. The van der Waals surface area contributed by atoms with E-state index in [1.165, 1.54) is 0 Å². The Morgan fingerprint density at radius 2 is 2.18 bits per heavy atom. The van der Waals surface area contributed by atoms with E-state index in [2.05, 4.69) is 0 Å². The van der Waals surface area contributed by atoms with E-state index in [0.717, 1.165) is 11.3 Å². The molecular formula is C5H8N2O2S2. The van der Waals surface area contributed by atoms with Crippen LogP contribution in [-0.2, 0) is 16.6 Å². The number of nitrogens with two attached hydrogens (primary N) is 2. The van der Waals surface area contributed by atoms with Crippen molar-refractivity contribution in [3.63, 3.8) is 0 Å². The zero-order chi connectivity index (χ0) is 8.48. The quantitative estimate of drug-likeness (QED) is 0.683. The molecule has 6 heteroatoms. The minimum Gasteiger partial charge on any atom is -0.326 e. The van der Waals surface area contributed by atoms with E-state index in [1.54, 1.807) is 11.4 Å². The Balaban J connectivity index is 3.24. The number of rotatable bonds is 2. The minimum atomic E-state index is -3.56. The van der Waals surface area contributed by atoms with Crippen molar-refractivity contribution in [1.29, 1.82) is 0 Å². The first-order valence-electron chi connectivity index (χ1n) is 2.85. The fraction of sp³-hybridized carbons (Fsp3) is 0.200. The molecule has 0 fully saturated rings. The third-order valence-electron chi connectivity index (χ3n) is 1.18. The second-order valence-corrected chi connectivity index (χ2v) is 4.66. The van der Waals surface area contributed by atoms with Crippen LogP contribution in [-0.4, -0.2) is 8.42 Å². The molecule has 62 valence electrons. The third kappa shape index (κ3) is 1.78. The van der Waals surface area contributed by atoms with Gasteiger partial charge in [0.05, 0.1) is 0 Å². The van der Waals surface area contributed by atoms with Crippen molar-refractivity contribution in [3.8, 4) is 0 Å². The molecule has 0 aliphatic rings. The Kier molecular flexibility index (Phi) is 2.28. The van der Waals surface area contributed by atoms with Crippen LogP contribution in [0.3, 0.4) is 0 Å². The van der Waals surface area contributed by atoms with Gasteiger partial charge in [-0.1, -0.05) is 0 Å². The molecule has 0 amide bonds. The van der Waals surface area contributed by atoms with Crippen LogP contribution in [0.1, 0.15) is 5.56 Å². The molecular weight excluding hydrogens is 184 g/mol. The number of primary sulfonamides is 1. The van der Waals surface area contributed by atoms with Gasteiger partial charge in [-0.2, -0.15) is 0 Å². The standard InChI is InChI=1S/C5H8N2O2S2/c6-3-4-1-2-10-5(4)11(7,8)9/h1-2H,3,6H2,(H2,7,8,9). The van der Waals surface area contributed by atoms with E-state index in [9.17, 15) is 8.42 Å². The summed E-state index contributed by atoms with van der Waals surface area (Å²) in [5.74, 6) is 0. The van der Waals surface area contributed by atoms with Gasteiger partial charge in [-0.3, -0.25) is 0 Å². The molecule has 0 aliphatic heterocycles. The van der Waals surface area contributed by atoms with Gasteiger partial charge in [0.2, 0.25) is 10.0 Å². The number of sulfonamides is 1. The smallest absolute Gasteiger partial charge is 0.247 e. The maximum Gasteiger partial charge on any atom is 0.247 e. The highest BCUT2D eigenvalue weighted by atomic mass is 32.2. The minimum absolute atomic E-state index is 0.167. The van der Waals surface area contributed by atoms with E-state index >= 15 is 0 Å². The van der Waals surface area contributed by atoms with Crippen LogP contribution in [0.25, 0.3) is 0 Å². The summed E-state index contributed by atoms with van der Waals surface area (Å²) in [6.45, 7) is 0.204. The monoisotopic (exact) mass is 192 g/mol. The highest BCUT2D eigenvalue weighted by molar-refractivity contribution is 7.91. The van der Waals surface area contributed by atoms with Gasteiger partial charge in [-0.15, -0.1) is 11.3 Å². The van der Waals surface area contributed by atoms with Crippen molar-refractivity contribution in [2.24, 2.45) is 10.9 Å². The molecule has 0 aromatic carbocycles. The SMILES string of the molecule is NCc1ccsc1S(N)(=O)=O. The van der Waals surface area contributed by atoms with Gasteiger partial charge in [0.1, 0.15) is 4.21 Å². The van der Waals surface area contributed by atoms with Crippen molar-refractivity contribution in [2.75, 3.05) is 0 Å². The average molecular weight is 192 g/mol. The molecule has 11 heavy (non-hydrogen) atoms. The van der Waals surface area contributed by atoms with Crippen LogP contribution < -0.4 is 10.9 Å². The van der Waals surface area contributed by atoms with E-state index in [0.29, 0.717) is 5.56 Å². The Morgan fingerprint density at radius 1 is 1.55 bits per heavy atom. The summed E-state index contributed by atoms with van der Waals surface area (Å²) < 4.78 is 21.8. The summed E-state index contributed by atoms with van der Waals surface area (Å²) >= 11 is 1.09. The Hall–Kier alpha value is -0.430. The first-order chi connectivity index (χ1) is 5.05. The second-order valence-electron chi connectivity index (χ2n) is 1.98. The predicted molar refractivity (Wildman–Crippen MR) is 43.6 cm³/mol. The fourth-order valence-electron chi connectivity index (χ4n) is 0.723. The van der Waals surface area contributed by atoms with Crippen molar-refractivity contribution in [3.05, 3.63) is 17.0 Å². The lowest BCUT2D eigenvalue weighted by Gasteiger charge is -1.95. The fourth-order valence-corrected chi connectivity index (χ4v) is 2.60. The normalized spacial score (nSPS) is 11.8. The summed E-state index contributed by atoms with van der Waals surface area (Å²) in [5.41, 5.74) is 5.86. The second kappa shape index (κ2) is 2.90. The third-order valence-corrected chi connectivity index (χ3v) is 3.70. The molecule has 0 spiro atoms. The maximum atomic E-state index is 10.8.